The molecule has 3 rings (SSSR count). The Morgan fingerprint density at radius 1 is 1.40 bits per heavy atom. The Bertz CT molecular complexity index is 842. The number of sulfone groups is 1. The topological polar surface area (TPSA) is 66.8 Å². The van der Waals surface area contributed by atoms with Gasteiger partial charge >= 0.3 is 0 Å². The number of fused-ring (bicyclic) bond motifs is 1. The largest absolute Gasteiger partial charge is 0.314 e. The second kappa shape index (κ2) is 7.10. The van der Waals surface area contributed by atoms with E-state index in [0.29, 0.717) is 27.3 Å². The molecule has 5 nitrogen and oxygen atoms in total. The molecule has 1 aromatic rings. The van der Waals surface area contributed by atoms with Gasteiger partial charge in [-0.15, -0.1) is 0 Å². The van der Waals surface area contributed by atoms with Gasteiger partial charge in [0.05, 0.1) is 28.3 Å². The van der Waals surface area contributed by atoms with E-state index in [1.807, 2.05) is 13.8 Å². The molecule has 25 heavy (non-hydrogen) atoms. The van der Waals surface area contributed by atoms with E-state index in [1.165, 1.54) is 11.8 Å². The van der Waals surface area contributed by atoms with Crippen LogP contribution in [0.2, 0.25) is 10.0 Å². The maximum atomic E-state index is 12.3. The van der Waals surface area contributed by atoms with Crippen LogP contribution < -0.4 is 4.90 Å². The third kappa shape index (κ3) is 3.84. The third-order valence-corrected chi connectivity index (χ3v) is 8.22. The molecule has 2 saturated heterocycles. The van der Waals surface area contributed by atoms with Crippen molar-refractivity contribution in [3.05, 3.63) is 28.2 Å². The van der Waals surface area contributed by atoms with Crippen LogP contribution >= 0.6 is 35.0 Å². The number of carbonyl (C=O) groups is 1. The molecule has 9 heteroatoms. The lowest BCUT2D eigenvalue weighted by Crippen LogP contribution is -2.38. The maximum Gasteiger partial charge on any atom is 0.250 e. The summed E-state index contributed by atoms with van der Waals surface area (Å²) < 4.78 is 24.1. The van der Waals surface area contributed by atoms with Crippen molar-refractivity contribution < 1.29 is 13.2 Å². The number of aliphatic imine (C=N–C) groups is 1. The number of rotatable bonds is 3. The first-order chi connectivity index (χ1) is 11.7. The number of hydrogen-bond donors (Lipinski definition) is 0. The number of hydrogen-bond acceptors (Lipinski definition) is 4. The van der Waals surface area contributed by atoms with E-state index in [9.17, 15) is 13.2 Å². The molecular formula is C16H18Cl2N2O3S2. The summed E-state index contributed by atoms with van der Waals surface area (Å²) in [5.41, 5.74) is 0.624. The van der Waals surface area contributed by atoms with Crippen molar-refractivity contribution in [2.75, 3.05) is 16.4 Å². The first kappa shape index (κ1) is 19.0. The van der Waals surface area contributed by atoms with Crippen molar-refractivity contribution in [1.82, 2.24) is 0 Å². The number of benzene rings is 1. The fourth-order valence-electron chi connectivity index (χ4n) is 2.90. The summed E-state index contributed by atoms with van der Waals surface area (Å²) in [5, 5.41) is 1.26. The molecule has 1 amide bonds. The van der Waals surface area contributed by atoms with E-state index in [2.05, 4.69) is 4.99 Å². The molecule has 2 fully saturated rings. The number of anilines is 1. The quantitative estimate of drug-likeness (QED) is 0.746. The molecule has 1 aromatic carbocycles. The summed E-state index contributed by atoms with van der Waals surface area (Å²) in [4.78, 5) is 18.4. The van der Waals surface area contributed by atoms with Crippen LogP contribution in [0.3, 0.4) is 0 Å². The number of nitrogens with zero attached hydrogens (tertiary/aromatic N) is 2. The molecule has 2 aliphatic rings. The Labute approximate surface area is 161 Å². The number of halogens is 2. The van der Waals surface area contributed by atoms with Crippen LogP contribution in [0.4, 0.5) is 5.69 Å². The van der Waals surface area contributed by atoms with E-state index in [0.717, 1.165) is 0 Å². The molecule has 0 bridgehead atoms. The molecule has 0 spiro atoms. The normalized spacial score (nSPS) is 27.5. The second-order valence-corrected chi connectivity index (χ2v) is 10.5. The van der Waals surface area contributed by atoms with Gasteiger partial charge in [0, 0.05) is 16.2 Å². The molecule has 0 saturated carbocycles. The molecule has 0 aromatic heterocycles. The van der Waals surface area contributed by atoms with Gasteiger partial charge in [-0.1, -0.05) is 48.8 Å². The maximum absolute atomic E-state index is 12.3. The van der Waals surface area contributed by atoms with E-state index in [-0.39, 0.29) is 34.6 Å². The zero-order valence-corrected chi connectivity index (χ0v) is 16.9. The Balaban J connectivity index is 2.04. The fourth-order valence-corrected chi connectivity index (χ4v) is 7.31. The highest BCUT2D eigenvalue weighted by Gasteiger charge is 2.49. The molecule has 136 valence electrons. The first-order valence-corrected chi connectivity index (χ1v) is 11.4. The average Bonchev–Trinajstić information content (AvgIpc) is 2.98. The number of amidine groups is 1. The van der Waals surface area contributed by atoms with Crippen LogP contribution in [-0.2, 0) is 14.6 Å². The van der Waals surface area contributed by atoms with Crippen molar-refractivity contribution in [3.63, 3.8) is 0 Å². The van der Waals surface area contributed by atoms with Crippen LogP contribution in [0.5, 0.6) is 0 Å². The third-order valence-electron chi connectivity index (χ3n) is 4.48. The number of amides is 1. The van der Waals surface area contributed by atoms with Gasteiger partial charge in [0.2, 0.25) is 0 Å². The number of thioether (sulfide) groups is 1. The zero-order chi connectivity index (χ0) is 18.4. The summed E-state index contributed by atoms with van der Waals surface area (Å²) >= 11 is 13.7. The van der Waals surface area contributed by atoms with Gasteiger partial charge in [-0.05, 0) is 24.6 Å². The summed E-state index contributed by atoms with van der Waals surface area (Å²) in [5.74, 6) is -0.275. The highest BCUT2D eigenvalue weighted by atomic mass is 35.5. The lowest BCUT2D eigenvalue weighted by atomic mass is 10.1. The van der Waals surface area contributed by atoms with E-state index < -0.39 is 9.84 Å². The van der Waals surface area contributed by atoms with Gasteiger partial charge in [0.1, 0.15) is 0 Å². The highest BCUT2D eigenvalue weighted by Crippen LogP contribution is 2.43. The molecule has 3 atom stereocenters. The fraction of sp³-hybridized carbons (Fsp3) is 0.500. The Morgan fingerprint density at radius 3 is 2.76 bits per heavy atom. The number of carbonyl (C=O) groups excluding carboxylic acids is 1. The molecule has 0 unspecified atom stereocenters. The molecule has 2 heterocycles. The lowest BCUT2D eigenvalue weighted by molar-refractivity contribution is -0.121. The Morgan fingerprint density at radius 2 is 2.12 bits per heavy atom. The van der Waals surface area contributed by atoms with Gasteiger partial charge in [-0.3, -0.25) is 4.79 Å². The predicted octanol–water partition coefficient (Wildman–Crippen LogP) is 3.64. The average molecular weight is 421 g/mol. The summed E-state index contributed by atoms with van der Waals surface area (Å²) in [6.45, 7) is 3.76. The van der Waals surface area contributed by atoms with E-state index >= 15 is 0 Å². The lowest BCUT2D eigenvalue weighted by Gasteiger charge is -2.25. The molecule has 2 aliphatic heterocycles. The predicted molar refractivity (Wildman–Crippen MR) is 105 cm³/mol. The Hall–Kier alpha value is -0.760. The van der Waals surface area contributed by atoms with Gasteiger partial charge < -0.3 is 4.90 Å². The zero-order valence-electron chi connectivity index (χ0n) is 13.8. The van der Waals surface area contributed by atoms with Gasteiger partial charge in [-0.2, -0.15) is 4.99 Å². The van der Waals surface area contributed by atoms with Crippen molar-refractivity contribution in [2.24, 2.45) is 10.9 Å². The van der Waals surface area contributed by atoms with Crippen LogP contribution in [-0.4, -0.2) is 42.3 Å². The molecular weight excluding hydrogens is 403 g/mol. The van der Waals surface area contributed by atoms with Gasteiger partial charge in [0.15, 0.2) is 15.0 Å². The van der Waals surface area contributed by atoms with Gasteiger partial charge in [-0.25, -0.2) is 8.42 Å². The van der Waals surface area contributed by atoms with E-state index in [4.69, 9.17) is 23.2 Å². The van der Waals surface area contributed by atoms with E-state index in [1.54, 1.807) is 23.1 Å². The smallest absolute Gasteiger partial charge is 0.250 e. The van der Waals surface area contributed by atoms with Gasteiger partial charge in [0.25, 0.3) is 5.91 Å². The van der Waals surface area contributed by atoms with Crippen LogP contribution in [0, 0.1) is 5.92 Å². The Kier molecular flexibility index (Phi) is 5.40. The molecule has 0 radical (unpaired) electrons. The summed E-state index contributed by atoms with van der Waals surface area (Å²) in [6.07, 6.45) is 0.698. The molecule has 0 aliphatic carbocycles. The second-order valence-electron chi connectivity index (χ2n) is 6.31. The first-order valence-electron chi connectivity index (χ1n) is 7.95. The monoisotopic (exact) mass is 420 g/mol. The summed E-state index contributed by atoms with van der Waals surface area (Å²) in [6, 6.07) is 4.76. The summed E-state index contributed by atoms with van der Waals surface area (Å²) in [7, 11) is -3.11. The van der Waals surface area contributed by atoms with Crippen molar-refractivity contribution in [2.45, 2.75) is 31.6 Å². The van der Waals surface area contributed by atoms with Crippen LogP contribution in [0.25, 0.3) is 0 Å². The highest BCUT2D eigenvalue weighted by molar-refractivity contribution is 8.16. The van der Waals surface area contributed by atoms with Crippen LogP contribution in [0.1, 0.15) is 20.3 Å². The molecule has 0 N–H and O–H groups in total. The minimum absolute atomic E-state index is 0.0279. The minimum atomic E-state index is -3.11. The van der Waals surface area contributed by atoms with Crippen LogP contribution in [0.15, 0.2) is 23.2 Å². The SMILES string of the molecule is CC[C@H](C)C(=O)N=C1S[C@@H]2CS(=O)(=O)C[C@H]2N1c1ccc(Cl)cc1Cl. The van der Waals surface area contributed by atoms with Crippen molar-refractivity contribution in [3.8, 4) is 0 Å². The van der Waals surface area contributed by atoms with Crippen molar-refractivity contribution in [1.29, 1.82) is 0 Å². The minimum Gasteiger partial charge on any atom is -0.314 e. The van der Waals surface area contributed by atoms with Crippen molar-refractivity contribution >= 4 is 61.6 Å². The standard InChI is InChI=1S/C16H18Cl2N2O3S2/c1-3-9(2)15(21)19-16-20(12-5-4-10(17)6-11(12)18)13-7-25(22,23)8-14(13)24-16/h4-6,9,13-14H,3,7-8H2,1-2H3/t9-,13+,14+/m0/s1.